The van der Waals surface area contributed by atoms with E-state index in [1.54, 1.807) is 23.7 Å². The number of benzene rings is 1. The molecule has 4 aromatic rings. The van der Waals surface area contributed by atoms with Crippen LogP contribution in [0.3, 0.4) is 0 Å². The van der Waals surface area contributed by atoms with Crippen LogP contribution in [0.4, 0.5) is 5.69 Å². The number of nitrogens with zero attached hydrogens (tertiary/aromatic N) is 3. The van der Waals surface area contributed by atoms with Crippen LogP contribution >= 0.6 is 23.1 Å². The first-order valence-electron chi connectivity index (χ1n) is 5.82. The number of oxazole rings is 1. The zero-order valence-electron chi connectivity index (χ0n) is 10.1. The number of rotatable bonds is 2. The summed E-state index contributed by atoms with van der Waals surface area (Å²) in [6, 6.07) is 7.39. The molecule has 0 bridgehead atoms. The quantitative estimate of drug-likeness (QED) is 0.450. The lowest BCUT2D eigenvalue weighted by atomic mass is 10.3. The zero-order chi connectivity index (χ0) is 13.5. The van der Waals surface area contributed by atoms with Crippen LogP contribution in [0.15, 0.2) is 50.6 Å². The van der Waals surface area contributed by atoms with Crippen molar-refractivity contribution >= 4 is 50.1 Å². The Bertz CT molecular complexity index is 915. The van der Waals surface area contributed by atoms with Crippen LogP contribution in [0.5, 0.6) is 0 Å². The van der Waals surface area contributed by atoms with Crippen LogP contribution in [0, 0.1) is 0 Å². The Kier molecular flexibility index (Phi) is 2.61. The van der Waals surface area contributed by atoms with E-state index in [1.165, 1.54) is 11.8 Å². The van der Waals surface area contributed by atoms with E-state index < -0.39 is 0 Å². The first-order chi connectivity index (χ1) is 9.79. The van der Waals surface area contributed by atoms with Gasteiger partial charge in [0.2, 0.25) is 0 Å². The summed E-state index contributed by atoms with van der Waals surface area (Å²) in [6.45, 7) is 0. The first kappa shape index (κ1) is 11.7. The van der Waals surface area contributed by atoms with Gasteiger partial charge in [0.1, 0.15) is 16.9 Å². The van der Waals surface area contributed by atoms with Crippen LogP contribution in [-0.2, 0) is 0 Å². The molecular weight excluding hydrogens is 292 g/mol. The van der Waals surface area contributed by atoms with Gasteiger partial charge in [-0.2, -0.15) is 0 Å². The van der Waals surface area contributed by atoms with Crippen LogP contribution in [0.1, 0.15) is 0 Å². The molecule has 0 amide bonds. The molecule has 0 radical (unpaired) electrons. The van der Waals surface area contributed by atoms with Crippen molar-refractivity contribution in [3.63, 3.8) is 0 Å². The van der Waals surface area contributed by atoms with Crippen molar-refractivity contribution in [2.24, 2.45) is 0 Å². The summed E-state index contributed by atoms with van der Waals surface area (Å²) in [7, 11) is 0. The SMILES string of the molecule is Nc1ccc2nc(Sc3ncnc4ccsc34)oc2c1. The van der Waals surface area contributed by atoms with Crippen molar-refractivity contribution in [3.05, 3.63) is 36.0 Å². The fraction of sp³-hybridized carbons (Fsp3) is 0. The predicted molar refractivity (Wildman–Crippen MR) is 80.0 cm³/mol. The minimum Gasteiger partial charge on any atom is -0.431 e. The average Bonchev–Trinajstić information content (AvgIpc) is 3.04. The van der Waals surface area contributed by atoms with Crippen molar-refractivity contribution in [2.45, 2.75) is 10.2 Å². The molecule has 0 saturated carbocycles. The molecule has 0 aliphatic rings. The fourth-order valence-electron chi connectivity index (χ4n) is 1.89. The van der Waals surface area contributed by atoms with E-state index >= 15 is 0 Å². The van der Waals surface area contributed by atoms with E-state index in [1.807, 2.05) is 23.6 Å². The molecule has 3 aromatic heterocycles. The number of nitrogens with two attached hydrogens (primary N) is 1. The highest BCUT2D eigenvalue weighted by Gasteiger charge is 2.12. The van der Waals surface area contributed by atoms with E-state index in [0.717, 1.165) is 20.8 Å². The number of thiophene rings is 1. The molecule has 0 aliphatic heterocycles. The molecule has 4 rings (SSSR count). The number of hydrogen-bond acceptors (Lipinski definition) is 7. The Morgan fingerprint density at radius 2 is 2.10 bits per heavy atom. The minimum atomic E-state index is 0.555. The molecule has 5 nitrogen and oxygen atoms in total. The van der Waals surface area contributed by atoms with Gasteiger partial charge >= 0.3 is 0 Å². The third kappa shape index (κ3) is 1.91. The maximum Gasteiger partial charge on any atom is 0.263 e. The van der Waals surface area contributed by atoms with Crippen molar-refractivity contribution in [1.82, 2.24) is 15.0 Å². The second-order valence-corrected chi connectivity index (χ2v) is 5.98. The van der Waals surface area contributed by atoms with Gasteiger partial charge in [-0.05, 0) is 35.3 Å². The molecule has 2 N–H and O–H groups in total. The van der Waals surface area contributed by atoms with Crippen molar-refractivity contribution in [3.8, 4) is 0 Å². The summed E-state index contributed by atoms with van der Waals surface area (Å²) >= 11 is 3.00. The Balaban J connectivity index is 1.78. The third-order valence-corrected chi connectivity index (χ3v) is 4.68. The van der Waals surface area contributed by atoms with Crippen molar-refractivity contribution in [2.75, 3.05) is 5.73 Å². The summed E-state index contributed by atoms with van der Waals surface area (Å²) in [4.78, 5) is 12.9. The molecule has 0 spiro atoms. The second kappa shape index (κ2) is 4.46. The fourth-order valence-corrected chi connectivity index (χ4v) is 3.62. The summed E-state index contributed by atoms with van der Waals surface area (Å²) in [6.07, 6.45) is 1.55. The van der Waals surface area contributed by atoms with Gasteiger partial charge in [-0.25, -0.2) is 15.0 Å². The van der Waals surface area contributed by atoms with Crippen LogP contribution in [0.25, 0.3) is 21.3 Å². The topological polar surface area (TPSA) is 77.8 Å². The lowest BCUT2D eigenvalue weighted by molar-refractivity contribution is 0.489. The summed E-state index contributed by atoms with van der Waals surface area (Å²) < 4.78 is 6.74. The second-order valence-electron chi connectivity index (χ2n) is 4.12. The van der Waals surface area contributed by atoms with E-state index in [0.29, 0.717) is 16.5 Å². The Morgan fingerprint density at radius 3 is 3.05 bits per heavy atom. The normalized spacial score (nSPS) is 11.4. The maximum absolute atomic E-state index is 5.73. The van der Waals surface area contributed by atoms with Crippen molar-refractivity contribution < 1.29 is 4.42 Å². The molecule has 0 aliphatic carbocycles. The lowest BCUT2D eigenvalue weighted by Gasteiger charge is -1.96. The van der Waals surface area contributed by atoms with Crippen LogP contribution < -0.4 is 5.73 Å². The predicted octanol–water partition coefficient (Wildman–Crippen LogP) is 3.57. The van der Waals surface area contributed by atoms with Gasteiger partial charge in [0, 0.05) is 11.8 Å². The van der Waals surface area contributed by atoms with E-state index in [2.05, 4.69) is 15.0 Å². The Hall–Kier alpha value is -2.12. The molecule has 7 heteroatoms. The Labute approximate surface area is 121 Å². The van der Waals surface area contributed by atoms with Crippen molar-refractivity contribution in [1.29, 1.82) is 0 Å². The van der Waals surface area contributed by atoms with Gasteiger partial charge in [0.15, 0.2) is 5.58 Å². The molecular formula is C13H8N4OS2. The first-order valence-corrected chi connectivity index (χ1v) is 7.51. The highest BCUT2D eigenvalue weighted by molar-refractivity contribution is 7.99. The molecule has 0 fully saturated rings. The summed E-state index contributed by atoms with van der Waals surface area (Å²) in [5.41, 5.74) is 8.80. The molecule has 1 aromatic carbocycles. The number of anilines is 1. The Morgan fingerprint density at radius 1 is 1.15 bits per heavy atom. The monoisotopic (exact) mass is 300 g/mol. The maximum atomic E-state index is 5.73. The van der Waals surface area contributed by atoms with Crippen LogP contribution in [-0.4, -0.2) is 15.0 Å². The number of nitrogen functional groups attached to an aromatic ring is 1. The molecule has 20 heavy (non-hydrogen) atoms. The number of fused-ring (bicyclic) bond motifs is 2. The van der Waals surface area contributed by atoms with Gasteiger partial charge in [0.05, 0.1) is 10.2 Å². The lowest BCUT2D eigenvalue weighted by Crippen LogP contribution is -1.82. The van der Waals surface area contributed by atoms with Gasteiger partial charge < -0.3 is 10.2 Å². The number of hydrogen-bond donors (Lipinski definition) is 1. The highest BCUT2D eigenvalue weighted by Crippen LogP contribution is 2.34. The summed E-state index contributed by atoms with van der Waals surface area (Å²) in [5.74, 6) is 0. The van der Waals surface area contributed by atoms with Gasteiger partial charge in [-0.15, -0.1) is 11.3 Å². The third-order valence-electron chi connectivity index (χ3n) is 2.79. The zero-order valence-corrected chi connectivity index (χ0v) is 11.7. The largest absolute Gasteiger partial charge is 0.431 e. The van der Waals surface area contributed by atoms with E-state index in [4.69, 9.17) is 10.2 Å². The standard InChI is InChI=1S/C13H8N4OS2/c14-7-1-2-8-10(5-7)18-13(17-8)20-12-11-9(3-4-19-11)15-6-16-12/h1-6H,14H2. The molecule has 0 unspecified atom stereocenters. The van der Waals surface area contributed by atoms with E-state index in [-0.39, 0.29) is 0 Å². The average molecular weight is 300 g/mol. The smallest absolute Gasteiger partial charge is 0.263 e. The van der Waals surface area contributed by atoms with E-state index in [9.17, 15) is 0 Å². The molecule has 3 heterocycles. The van der Waals surface area contributed by atoms with Gasteiger partial charge in [-0.3, -0.25) is 0 Å². The summed E-state index contributed by atoms with van der Waals surface area (Å²) in [5, 5.41) is 3.40. The highest BCUT2D eigenvalue weighted by atomic mass is 32.2. The van der Waals surface area contributed by atoms with Gasteiger partial charge in [-0.1, -0.05) is 0 Å². The molecule has 0 saturated heterocycles. The van der Waals surface area contributed by atoms with Crippen LogP contribution in [0.2, 0.25) is 0 Å². The molecule has 98 valence electrons. The van der Waals surface area contributed by atoms with Gasteiger partial charge in [0.25, 0.3) is 5.22 Å². The molecule has 0 atom stereocenters. The number of aromatic nitrogens is 3. The minimum absolute atomic E-state index is 0.555.